The van der Waals surface area contributed by atoms with Gasteiger partial charge in [-0.3, -0.25) is 0 Å². The topological polar surface area (TPSA) is 59.0 Å². The van der Waals surface area contributed by atoms with Gasteiger partial charge in [0.25, 0.3) is 0 Å². The van der Waals surface area contributed by atoms with Crippen LogP contribution in [0.4, 0.5) is 4.79 Å². The van der Waals surface area contributed by atoms with Crippen LogP contribution in [0.2, 0.25) is 0 Å². The lowest BCUT2D eigenvalue weighted by atomic mass is 10.1. The summed E-state index contributed by atoms with van der Waals surface area (Å²) in [6, 6.07) is 10.2. The molecular weight excluding hydrogens is 276 g/mol. The number of nitrogens with zero attached hydrogens (tertiary/aromatic N) is 2. The normalized spacial score (nSPS) is 10.4. The Bertz CT molecular complexity index is 565. The van der Waals surface area contributed by atoms with Crippen molar-refractivity contribution in [2.75, 3.05) is 13.1 Å². The van der Waals surface area contributed by atoms with Crippen LogP contribution in [0.1, 0.15) is 24.2 Å². The lowest BCUT2D eigenvalue weighted by Gasteiger charge is -2.08. The average molecular weight is 300 g/mol. The molecule has 118 valence electrons. The van der Waals surface area contributed by atoms with Crippen molar-refractivity contribution in [1.82, 2.24) is 20.2 Å². The van der Waals surface area contributed by atoms with Crippen LogP contribution in [0.25, 0.3) is 0 Å². The van der Waals surface area contributed by atoms with E-state index < -0.39 is 0 Å². The molecule has 2 amide bonds. The summed E-state index contributed by atoms with van der Waals surface area (Å²) >= 11 is 0. The molecular formula is C17H24N4O. The van der Waals surface area contributed by atoms with E-state index in [1.54, 1.807) is 6.20 Å². The average Bonchev–Trinajstić information content (AvgIpc) is 2.94. The Morgan fingerprint density at radius 3 is 2.55 bits per heavy atom. The largest absolute Gasteiger partial charge is 0.338 e. The predicted octanol–water partition coefficient (Wildman–Crippen LogP) is 2.51. The maximum Gasteiger partial charge on any atom is 0.314 e. The minimum Gasteiger partial charge on any atom is -0.338 e. The number of carbonyl (C=O) groups excluding carboxylic acids is 1. The molecule has 0 aliphatic rings. The third kappa shape index (κ3) is 5.60. The second kappa shape index (κ2) is 8.87. The van der Waals surface area contributed by atoms with Crippen LogP contribution in [0.3, 0.4) is 0 Å². The van der Waals surface area contributed by atoms with Crippen molar-refractivity contribution >= 4 is 6.03 Å². The zero-order valence-corrected chi connectivity index (χ0v) is 13.1. The third-order valence-electron chi connectivity index (χ3n) is 3.56. The first-order valence-corrected chi connectivity index (χ1v) is 7.79. The fraction of sp³-hybridized carbons (Fsp3) is 0.412. The first-order chi connectivity index (χ1) is 10.8. The van der Waals surface area contributed by atoms with Crippen molar-refractivity contribution in [2.45, 2.75) is 32.7 Å². The van der Waals surface area contributed by atoms with Gasteiger partial charge in [-0.15, -0.1) is 0 Å². The quantitative estimate of drug-likeness (QED) is 0.736. The molecule has 0 bridgehead atoms. The second-order valence-electron chi connectivity index (χ2n) is 5.29. The van der Waals surface area contributed by atoms with E-state index in [0.717, 1.165) is 31.6 Å². The van der Waals surface area contributed by atoms with Gasteiger partial charge in [-0.05, 0) is 31.7 Å². The molecule has 0 spiro atoms. The van der Waals surface area contributed by atoms with E-state index in [0.29, 0.717) is 13.1 Å². The summed E-state index contributed by atoms with van der Waals surface area (Å²) in [6.45, 7) is 4.22. The fourth-order valence-corrected chi connectivity index (χ4v) is 2.29. The van der Waals surface area contributed by atoms with Crippen molar-refractivity contribution in [2.24, 2.45) is 0 Å². The fourth-order valence-electron chi connectivity index (χ4n) is 2.29. The van der Waals surface area contributed by atoms with E-state index in [4.69, 9.17) is 0 Å². The number of hydrogen-bond acceptors (Lipinski definition) is 2. The summed E-state index contributed by atoms with van der Waals surface area (Å²) in [5, 5.41) is 5.77. The maximum atomic E-state index is 11.6. The van der Waals surface area contributed by atoms with Crippen LogP contribution in [0, 0.1) is 6.92 Å². The van der Waals surface area contributed by atoms with Crippen LogP contribution in [-0.2, 0) is 13.0 Å². The summed E-state index contributed by atoms with van der Waals surface area (Å²) in [5.74, 6) is 1.00. The zero-order valence-electron chi connectivity index (χ0n) is 13.1. The highest BCUT2D eigenvalue weighted by molar-refractivity contribution is 5.73. The summed E-state index contributed by atoms with van der Waals surface area (Å²) in [6.07, 6.45) is 6.59. The van der Waals surface area contributed by atoms with Crippen molar-refractivity contribution in [3.63, 3.8) is 0 Å². The standard InChI is InChI=1S/C17H24N4O/c1-15-18-12-14-21(15)13-6-11-20-17(22)19-10-5-9-16-7-3-2-4-8-16/h2-4,7-8,12,14H,5-6,9-11,13H2,1H3,(H2,19,20,22). The second-order valence-corrected chi connectivity index (χ2v) is 5.29. The third-order valence-corrected chi connectivity index (χ3v) is 3.56. The molecule has 0 saturated carbocycles. The molecule has 2 rings (SSSR count). The number of urea groups is 1. The van der Waals surface area contributed by atoms with Crippen molar-refractivity contribution < 1.29 is 4.79 Å². The van der Waals surface area contributed by atoms with Crippen LogP contribution >= 0.6 is 0 Å². The highest BCUT2D eigenvalue weighted by Gasteiger charge is 2.00. The Hall–Kier alpha value is -2.30. The number of benzene rings is 1. The summed E-state index contributed by atoms with van der Waals surface area (Å²) < 4.78 is 2.08. The Labute approximate surface area is 131 Å². The Morgan fingerprint density at radius 1 is 1.14 bits per heavy atom. The molecule has 0 aliphatic heterocycles. The van der Waals surface area contributed by atoms with Crippen LogP contribution in [-0.4, -0.2) is 28.7 Å². The molecule has 1 aromatic heterocycles. The number of aryl methyl sites for hydroxylation is 3. The smallest absolute Gasteiger partial charge is 0.314 e. The van der Waals surface area contributed by atoms with Crippen LogP contribution in [0.5, 0.6) is 0 Å². The van der Waals surface area contributed by atoms with E-state index in [9.17, 15) is 4.79 Å². The molecule has 2 aromatic rings. The van der Waals surface area contributed by atoms with Gasteiger partial charge in [-0.2, -0.15) is 0 Å². The Kier molecular flexibility index (Phi) is 6.48. The molecule has 1 aromatic carbocycles. The minimum absolute atomic E-state index is 0.0876. The van der Waals surface area contributed by atoms with Gasteiger partial charge in [0.15, 0.2) is 0 Å². The first kappa shape index (κ1) is 16.1. The number of nitrogens with one attached hydrogen (secondary N) is 2. The van der Waals surface area contributed by atoms with Gasteiger partial charge < -0.3 is 15.2 Å². The summed E-state index contributed by atoms with van der Waals surface area (Å²) in [5.41, 5.74) is 1.31. The van der Waals surface area contributed by atoms with Gasteiger partial charge in [0.05, 0.1) is 0 Å². The van der Waals surface area contributed by atoms with Crippen LogP contribution < -0.4 is 10.6 Å². The van der Waals surface area contributed by atoms with Gasteiger partial charge >= 0.3 is 6.03 Å². The molecule has 22 heavy (non-hydrogen) atoms. The molecule has 0 aliphatic carbocycles. The monoisotopic (exact) mass is 300 g/mol. The van der Waals surface area contributed by atoms with Gasteiger partial charge in [0.2, 0.25) is 0 Å². The molecule has 5 nitrogen and oxygen atoms in total. The van der Waals surface area contributed by atoms with E-state index in [2.05, 4.69) is 32.3 Å². The molecule has 0 fully saturated rings. The first-order valence-electron chi connectivity index (χ1n) is 7.79. The minimum atomic E-state index is -0.0876. The molecule has 2 N–H and O–H groups in total. The summed E-state index contributed by atoms with van der Waals surface area (Å²) in [7, 11) is 0. The number of imidazole rings is 1. The van der Waals surface area contributed by atoms with Gasteiger partial charge in [0.1, 0.15) is 5.82 Å². The number of carbonyl (C=O) groups is 1. The van der Waals surface area contributed by atoms with E-state index in [1.165, 1.54) is 5.56 Å². The molecule has 1 heterocycles. The summed E-state index contributed by atoms with van der Waals surface area (Å²) in [4.78, 5) is 15.8. The number of hydrogen-bond donors (Lipinski definition) is 2. The SMILES string of the molecule is Cc1nccn1CCCNC(=O)NCCCc1ccccc1. The maximum absolute atomic E-state index is 11.6. The van der Waals surface area contributed by atoms with E-state index in [1.807, 2.05) is 31.3 Å². The molecule has 0 saturated heterocycles. The van der Waals surface area contributed by atoms with Gasteiger partial charge in [-0.25, -0.2) is 9.78 Å². The number of amides is 2. The van der Waals surface area contributed by atoms with E-state index >= 15 is 0 Å². The van der Waals surface area contributed by atoms with Crippen molar-refractivity contribution in [1.29, 1.82) is 0 Å². The molecule has 0 radical (unpaired) electrons. The zero-order chi connectivity index (χ0) is 15.6. The lowest BCUT2D eigenvalue weighted by Crippen LogP contribution is -2.36. The highest BCUT2D eigenvalue weighted by Crippen LogP contribution is 2.01. The Balaban J connectivity index is 1.50. The number of rotatable bonds is 8. The van der Waals surface area contributed by atoms with Crippen molar-refractivity contribution in [3.8, 4) is 0 Å². The highest BCUT2D eigenvalue weighted by atomic mass is 16.2. The van der Waals surface area contributed by atoms with Gasteiger partial charge in [-0.1, -0.05) is 30.3 Å². The molecule has 5 heteroatoms. The molecule has 0 unspecified atom stereocenters. The Morgan fingerprint density at radius 2 is 1.86 bits per heavy atom. The lowest BCUT2D eigenvalue weighted by molar-refractivity contribution is 0.240. The van der Waals surface area contributed by atoms with E-state index in [-0.39, 0.29) is 6.03 Å². The van der Waals surface area contributed by atoms with Gasteiger partial charge in [0, 0.05) is 32.0 Å². The molecule has 0 atom stereocenters. The predicted molar refractivity (Wildman–Crippen MR) is 87.7 cm³/mol. The van der Waals surface area contributed by atoms with Crippen molar-refractivity contribution in [3.05, 3.63) is 54.1 Å². The van der Waals surface area contributed by atoms with Crippen LogP contribution in [0.15, 0.2) is 42.7 Å². The number of aromatic nitrogens is 2.